The number of benzene rings is 1. The Labute approximate surface area is 133 Å². The lowest BCUT2D eigenvalue weighted by atomic mass is 9.87. The highest BCUT2D eigenvalue weighted by Gasteiger charge is 2.27. The zero-order valence-electron chi connectivity index (χ0n) is 12.7. The Balaban J connectivity index is 0.00000220. The molecule has 1 aliphatic rings. The third kappa shape index (κ3) is 4.43. The Morgan fingerprint density at radius 2 is 2.00 bits per heavy atom. The van der Waals surface area contributed by atoms with E-state index in [4.69, 9.17) is 10.5 Å². The van der Waals surface area contributed by atoms with Crippen LogP contribution in [0.1, 0.15) is 29.9 Å². The van der Waals surface area contributed by atoms with Gasteiger partial charge in [-0.25, -0.2) is 0 Å². The highest BCUT2D eigenvalue weighted by atomic mass is 35.5. The van der Waals surface area contributed by atoms with Gasteiger partial charge in [-0.1, -0.05) is 24.3 Å². The topological polar surface area (TPSA) is 55.6 Å². The summed E-state index contributed by atoms with van der Waals surface area (Å²) in [6.07, 6.45) is 2.02. The van der Waals surface area contributed by atoms with Crippen molar-refractivity contribution >= 4 is 18.3 Å². The Morgan fingerprint density at radius 3 is 2.57 bits per heavy atom. The van der Waals surface area contributed by atoms with Crippen molar-refractivity contribution in [1.29, 1.82) is 0 Å². The highest BCUT2D eigenvalue weighted by Crippen LogP contribution is 2.30. The molecule has 1 aromatic carbocycles. The first kappa shape index (κ1) is 18.0. The van der Waals surface area contributed by atoms with Crippen molar-refractivity contribution in [2.45, 2.75) is 31.7 Å². The largest absolute Gasteiger partial charge is 0.383 e. The third-order valence-corrected chi connectivity index (χ3v) is 4.10. The number of piperidine rings is 1. The molecular weight excluding hydrogens is 288 g/mol. The van der Waals surface area contributed by atoms with E-state index in [-0.39, 0.29) is 24.9 Å². The number of nitrogens with two attached hydrogens (primary N) is 1. The summed E-state index contributed by atoms with van der Waals surface area (Å²) in [5, 5.41) is 0. The predicted molar refractivity (Wildman–Crippen MR) is 86.8 cm³/mol. The second kappa shape index (κ2) is 8.37. The van der Waals surface area contributed by atoms with E-state index in [1.54, 1.807) is 7.11 Å². The fourth-order valence-electron chi connectivity index (χ4n) is 2.94. The van der Waals surface area contributed by atoms with Crippen molar-refractivity contribution in [1.82, 2.24) is 4.90 Å². The molecule has 118 valence electrons. The first-order valence-corrected chi connectivity index (χ1v) is 7.22. The minimum absolute atomic E-state index is 0. The maximum Gasteiger partial charge on any atom is 0.241 e. The molecule has 1 fully saturated rings. The van der Waals surface area contributed by atoms with Crippen molar-refractivity contribution in [3.05, 3.63) is 35.4 Å². The number of hydrogen-bond donors (Lipinski definition) is 1. The third-order valence-electron chi connectivity index (χ3n) is 4.10. The molecule has 1 aromatic rings. The van der Waals surface area contributed by atoms with Crippen LogP contribution >= 0.6 is 12.4 Å². The van der Waals surface area contributed by atoms with Crippen LogP contribution in [0.5, 0.6) is 0 Å². The van der Waals surface area contributed by atoms with Gasteiger partial charge in [-0.3, -0.25) is 4.79 Å². The first-order chi connectivity index (χ1) is 9.63. The SMILES string of the molecule is COCC(N)C(=O)N1CCC(c2ccccc2C)CC1.Cl. The molecule has 0 aliphatic carbocycles. The number of amides is 1. The van der Waals surface area contributed by atoms with Crippen LogP contribution in [0.15, 0.2) is 24.3 Å². The number of carbonyl (C=O) groups is 1. The number of carbonyl (C=O) groups excluding carboxylic acids is 1. The van der Waals surface area contributed by atoms with Crippen molar-refractivity contribution in [2.24, 2.45) is 5.73 Å². The molecule has 1 atom stereocenters. The minimum Gasteiger partial charge on any atom is -0.383 e. The Bertz CT molecular complexity index is 459. The molecule has 1 unspecified atom stereocenters. The molecule has 1 heterocycles. The molecule has 5 heteroatoms. The molecule has 0 aromatic heterocycles. The lowest BCUT2D eigenvalue weighted by Crippen LogP contribution is -2.48. The molecule has 21 heavy (non-hydrogen) atoms. The number of likely N-dealkylation sites (tertiary alicyclic amines) is 1. The van der Waals surface area contributed by atoms with E-state index in [0.717, 1.165) is 25.9 Å². The number of hydrogen-bond acceptors (Lipinski definition) is 3. The van der Waals surface area contributed by atoms with Crippen LogP contribution in [-0.2, 0) is 9.53 Å². The second-order valence-corrected chi connectivity index (χ2v) is 5.52. The van der Waals surface area contributed by atoms with Gasteiger partial charge in [-0.05, 0) is 36.8 Å². The zero-order chi connectivity index (χ0) is 14.5. The molecule has 2 rings (SSSR count). The average molecular weight is 313 g/mol. The van der Waals surface area contributed by atoms with Crippen molar-refractivity contribution < 1.29 is 9.53 Å². The number of halogens is 1. The van der Waals surface area contributed by atoms with Crippen LogP contribution < -0.4 is 5.73 Å². The molecular formula is C16H25ClN2O2. The van der Waals surface area contributed by atoms with E-state index in [2.05, 4.69) is 31.2 Å². The number of aryl methyl sites for hydroxylation is 1. The molecule has 1 saturated heterocycles. The summed E-state index contributed by atoms with van der Waals surface area (Å²) in [7, 11) is 1.57. The van der Waals surface area contributed by atoms with E-state index in [1.165, 1.54) is 11.1 Å². The number of rotatable bonds is 4. The molecule has 0 bridgehead atoms. The van der Waals surface area contributed by atoms with Gasteiger partial charge < -0.3 is 15.4 Å². The van der Waals surface area contributed by atoms with Gasteiger partial charge in [0.15, 0.2) is 0 Å². The summed E-state index contributed by atoms with van der Waals surface area (Å²) in [6.45, 7) is 4.02. The van der Waals surface area contributed by atoms with Gasteiger partial charge in [0, 0.05) is 20.2 Å². The first-order valence-electron chi connectivity index (χ1n) is 7.22. The van der Waals surface area contributed by atoms with Gasteiger partial charge in [0.05, 0.1) is 6.61 Å². The summed E-state index contributed by atoms with van der Waals surface area (Å²) in [5.74, 6) is 0.564. The second-order valence-electron chi connectivity index (χ2n) is 5.52. The quantitative estimate of drug-likeness (QED) is 0.926. The van der Waals surface area contributed by atoms with Crippen LogP contribution in [0.3, 0.4) is 0 Å². The average Bonchev–Trinajstić information content (AvgIpc) is 2.47. The van der Waals surface area contributed by atoms with Crippen LogP contribution in [0.4, 0.5) is 0 Å². The molecule has 1 amide bonds. The van der Waals surface area contributed by atoms with E-state index < -0.39 is 6.04 Å². The monoisotopic (exact) mass is 312 g/mol. The summed E-state index contributed by atoms with van der Waals surface area (Å²) < 4.78 is 4.95. The van der Waals surface area contributed by atoms with Crippen LogP contribution in [0.2, 0.25) is 0 Å². The summed E-state index contributed by atoms with van der Waals surface area (Å²) in [5.41, 5.74) is 8.57. The van der Waals surface area contributed by atoms with Crippen molar-refractivity contribution in [3.63, 3.8) is 0 Å². The summed E-state index contributed by atoms with van der Waals surface area (Å²) in [6, 6.07) is 7.99. The van der Waals surface area contributed by atoms with Gasteiger partial charge in [-0.15, -0.1) is 12.4 Å². The Hall–Kier alpha value is -1.10. The lowest BCUT2D eigenvalue weighted by molar-refractivity contribution is -0.134. The lowest BCUT2D eigenvalue weighted by Gasteiger charge is -2.34. The van der Waals surface area contributed by atoms with E-state index in [9.17, 15) is 4.79 Å². The molecule has 0 saturated carbocycles. The summed E-state index contributed by atoms with van der Waals surface area (Å²) >= 11 is 0. The van der Waals surface area contributed by atoms with E-state index in [1.807, 2.05) is 4.90 Å². The molecule has 0 spiro atoms. The van der Waals surface area contributed by atoms with Gasteiger partial charge in [0.2, 0.25) is 5.91 Å². The predicted octanol–water partition coefficient (Wildman–Crippen LogP) is 2.10. The normalized spacial score (nSPS) is 17.2. The van der Waals surface area contributed by atoms with Crippen molar-refractivity contribution in [3.8, 4) is 0 Å². The maximum absolute atomic E-state index is 12.1. The number of ether oxygens (including phenoxy) is 1. The minimum atomic E-state index is -0.532. The van der Waals surface area contributed by atoms with Crippen LogP contribution in [0, 0.1) is 6.92 Å². The Morgan fingerprint density at radius 1 is 1.38 bits per heavy atom. The van der Waals surface area contributed by atoms with Gasteiger partial charge >= 0.3 is 0 Å². The molecule has 4 nitrogen and oxygen atoms in total. The maximum atomic E-state index is 12.1. The fourth-order valence-corrected chi connectivity index (χ4v) is 2.94. The zero-order valence-corrected chi connectivity index (χ0v) is 13.6. The van der Waals surface area contributed by atoms with Crippen LogP contribution in [0.25, 0.3) is 0 Å². The van der Waals surface area contributed by atoms with Crippen LogP contribution in [-0.4, -0.2) is 43.7 Å². The van der Waals surface area contributed by atoms with Gasteiger partial charge in [0.1, 0.15) is 6.04 Å². The standard InChI is InChI=1S/C16H24N2O2.ClH/c1-12-5-3-4-6-14(12)13-7-9-18(10-8-13)16(19)15(17)11-20-2;/h3-6,13,15H,7-11,17H2,1-2H3;1H. The highest BCUT2D eigenvalue weighted by molar-refractivity contribution is 5.85. The molecule has 2 N–H and O–H groups in total. The fraction of sp³-hybridized carbons (Fsp3) is 0.562. The van der Waals surface area contributed by atoms with Crippen molar-refractivity contribution in [2.75, 3.05) is 26.8 Å². The number of nitrogens with zero attached hydrogens (tertiary/aromatic N) is 1. The smallest absolute Gasteiger partial charge is 0.241 e. The molecule has 0 radical (unpaired) electrons. The number of methoxy groups -OCH3 is 1. The molecule has 1 aliphatic heterocycles. The van der Waals surface area contributed by atoms with Gasteiger partial charge in [-0.2, -0.15) is 0 Å². The summed E-state index contributed by atoms with van der Waals surface area (Å²) in [4.78, 5) is 14.0. The Kier molecular flexibility index (Phi) is 7.15. The van der Waals surface area contributed by atoms with E-state index in [0.29, 0.717) is 5.92 Å². The van der Waals surface area contributed by atoms with Gasteiger partial charge in [0.25, 0.3) is 0 Å². The van der Waals surface area contributed by atoms with E-state index >= 15 is 0 Å².